The van der Waals surface area contributed by atoms with E-state index in [1.807, 2.05) is 0 Å². The lowest BCUT2D eigenvalue weighted by Gasteiger charge is -2.06. The Bertz CT molecular complexity index is 611. The third kappa shape index (κ3) is 2.35. The minimum atomic E-state index is -0.413. The van der Waals surface area contributed by atoms with Gasteiger partial charge in [0.2, 0.25) is 0 Å². The normalized spacial score (nSPS) is 10.6. The average molecular weight is 267 g/mol. The van der Waals surface area contributed by atoms with Crippen LogP contribution in [0.2, 0.25) is 0 Å². The van der Waals surface area contributed by atoms with E-state index in [9.17, 15) is 9.59 Å². The lowest BCUT2D eigenvalue weighted by molar-refractivity contribution is 0.0524. The smallest absolute Gasteiger partial charge is 0.341 e. The lowest BCUT2D eigenvalue weighted by Crippen LogP contribution is -2.17. The van der Waals surface area contributed by atoms with Crippen molar-refractivity contribution in [3.05, 3.63) is 38.7 Å². The van der Waals surface area contributed by atoms with E-state index in [-0.39, 0.29) is 4.87 Å². The van der Waals surface area contributed by atoms with Gasteiger partial charge in [0, 0.05) is 18.6 Å². The van der Waals surface area contributed by atoms with Gasteiger partial charge in [0.1, 0.15) is 5.56 Å². The number of nitrogens with zero attached hydrogens (tertiary/aromatic N) is 3. The van der Waals surface area contributed by atoms with Crippen LogP contribution >= 0.6 is 11.3 Å². The van der Waals surface area contributed by atoms with Crippen molar-refractivity contribution < 1.29 is 9.53 Å². The summed E-state index contributed by atoms with van der Waals surface area (Å²) in [7, 11) is 1.73. The molecule has 6 nitrogen and oxygen atoms in total. The molecule has 2 heterocycles. The minimum Gasteiger partial charge on any atom is -0.462 e. The van der Waals surface area contributed by atoms with Crippen LogP contribution in [0.4, 0.5) is 0 Å². The van der Waals surface area contributed by atoms with Crippen LogP contribution in [0.3, 0.4) is 0 Å². The predicted molar refractivity (Wildman–Crippen MR) is 66.8 cm³/mol. The summed E-state index contributed by atoms with van der Waals surface area (Å²) >= 11 is 1.12. The number of ether oxygens (including phenoxy) is 1. The minimum absolute atomic E-state index is 0.0639. The van der Waals surface area contributed by atoms with Crippen molar-refractivity contribution in [2.24, 2.45) is 7.05 Å². The Hall–Kier alpha value is -1.89. The maximum Gasteiger partial charge on any atom is 0.341 e. The lowest BCUT2D eigenvalue weighted by atomic mass is 10.2. The van der Waals surface area contributed by atoms with Gasteiger partial charge in [-0.3, -0.25) is 14.0 Å². The van der Waals surface area contributed by atoms with Crippen LogP contribution in [-0.2, 0) is 18.3 Å². The fourth-order valence-corrected chi connectivity index (χ4v) is 2.18. The Morgan fingerprint density at radius 2 is 2.33 bits per heavy atom. The van der Waals surface area contributed by atoms with Crippen molar-refractivity contribution in [3.8, 4) is 0 Å². The fraction of sp³-hybridized carbons (Fsp3) is 0.364. The first-order valence-electron chi connectivity index (χ1n) is 5.45. The third-order valence-corrected chi connectivity index (χ3v) is 3.22. The van der Waals surface area contributed by atoms with Gasteiger partial charge in [-0.2, -0.15) is 5.10 Å². The van der Waals surface area contributed by atoms with E-state index in [2.05, 4.69) is 5.10 Å². The molecule has 0 aliphatic carbocycles. The SMILES string of the molecule is CCOC(=O)c1cnn(C)c1Cn1ccsc1=O. The maximum atomic E-state index is 11.7. The van der Waals surface area contributed by atoms with Gasteiger partial charge in [0.15, 0.2) is 0 Å². The van der Waals surface area contributed by atoms with Crippen molar-refractivity contribution in [1.29, 1.82) is 0 Å². The Morgan fingerprint density at radius 1 is 1.56 bits per heavy atom. The highest BCUT2D eigenvalue weighted by atomic mass is 32.1. The van der Waals surface area contributed by atoms with E-state index < -0.39 is 5.97 Å². The molecule has 0 saturated heterocycles. The van der Waals surface area contributed by atoms with Crippen molar-refractivity contribution in [3.63, 3.8) is 0 Å². The summed E-state index contributed by atoms with van der Waals surface area (Å²) in [5.41, 5.74) is 1.06. The second-order valence-corrected chi connectivity index (χ2v) is 4.50. The van der Waals surface area contributed by atoms with Gasteiger partial charge in [0.25, 0.3) is 0 Å². The van der Waals surface area contributed by atoms with E-state index in [1.54, 1.807) is 30.2 Å². The molecular weight excluding hydrogens is 254 g/mol. The first kappa shape index (κ1) is 12.6. The zero-order valence-electron chi connectivity index (χ0n) is 10.1. The molecule has 2 aromatic heterocycles. The van der Waals surface area contributed by atoms with Crippen LogP contribution in [0.5, 0.6) is 0 Å². The van der Waals surface area contributed by atoms with Gasteiger partial charge in [-0.25, -0.2) is 4.79 Å². The number of aryl methyl sites for hydroxylation is 1. The van der Waals surface area contributed by atoms with E-state index >= 15 is 0 Å². The number of thiazole rings is 1. The van der Waals surface area contributed by atoms with Crippen LogP contribution in [0.1, 0.15) is 23.0 Å². The number of hydrogen-bond acceptors (Lipinski definition) is 5. The summed E-state index contributed by atoms with van der Waals surface area (Å²) in [6.07, 6.45) is 3.15. The molecule has 0 N–H and O–H groups in total. The summed E-state index contributed by atoms with van der Waals surface area (Å²) < 4.78 is 8.07. The molecule has 0 amide bonds. The second kappa shape index (κ2) is 5.18. The highest BCUT2D eigenvalue weighted by Crippen LogP contribution is 2.11. The number of hydrogen-bond donors (Lipinski definition) is 0. The second-order valence-electron chi connectivity index (χ2n) is 3.65. The van der Waals surface area contributed by atoms with Gasteiger partial charge >= 0.3 is 10.8 Å². The molecule has 0 fully saturated rings. The third-order valence-electron chi connectivity index (χ3n) is 2.52. The molecular formula is C11H13N3O3S. The molecule has 96 valence electrons. The molecule has 7 heteroatoms. The Balaban J connectivity index is 2.33. The van der Waals surface area contributed by atoms with Crippen molar-refractivity contribution in [2.45, 2.75) is 13.5 Å². The van der Waals surface area contributed by atoms with Gasteiger partial charge in [-0.1, -0.05) is 11.3 Å². The van der Waals surface area contributed by atoms with E-state index in [1.165, 1.54) is 10.8 Å². The number of esters is 1. The molecule has 0 aliphatic rings. The van der Waals surface area contributed by atoms with Crippen molar-refractivity contribution >= 4 is 17.3 Å². The average Bonchev–Trinajstić information content (AvgIpc) is 2.89. The Labute approximate surface area is 107 Å². The van der Waals surface area contributed by atoms with Crippen LogP contribution in [0.25, 0.3) is 0 Å². The van der Waals surface area contributed by atoms with Crippen LogP contribution < -0.4 is 4.87 Å². The molecule has 0 atom stereocenters. The summed E-state index contributed by atoms with van der Waals surface area (Å²) in [6, 6.07) is 0. The van der Waals surface area contributed by atoms with Gasteiger partial charge in [0.05, 0.1) is 25.0 Å². The van der Waals surface area contributed by atoms with Gasteiger partial charge in [-0.15, -0.1) is 0 Å². The summed E-state index contributed by atoms with van der Waals surface area (Å²) in [5, 5.41) is 5.75. The predicted octanol–water partition coefficient (Wildman–Crippen LogP) is 0.868. The summed E-state index contributed by atoms with van der Waals surface area (Å²) in [4.78, 5) is 23.2. The molecule has 0 unspecified atom stereocenters. The number of aromatic nitrogens is 3. The Morgan fingerprint density at radius 3 is 2.94 bits per heavy atom. The molecule has 18 heavy (non-hydrogen) atoms. The van der Waals surface area contributed by atoms with Crippen LogP contribution in [-0.4, -0.2) is 26.9 Å². The van der Waals surface area contributed by atoms with Crippen LogP contribution in [0, 0.1) is 0 Å². The Kier molecular flexibility index (Phi) is 3.61. The monoisotopic (exact) mass is 267 g/mol. The molecule has 2 rings (SSSR count). The first-order chi connectivity index (χ1) is 8.63. The van der Waals surface area contributed by atoms with Crippen molar-refractivity contribution in [1.82, 2.24) is 14.3 Å². The van der Waals surface area contributed by atoms with Crippen molar-refractivity contribution in [2.75, 3.05) is 6.61 Å². The fourth-order valence-electron chi connectivity index (χ4n) is 1.60. The van der Waals surface area contributed by atoms with Gasteiger partial charge < -0.3 is 4.74 Å². The zero-order valence-corrected chi connectivity index (χ0v) is 10.9. The highest BCUT2D eigenvalue weighted by molar-refractivity contribution is 7.07. The molecule has 0 bridgehead atoms. The van der Waals surface area contributed by atoms with Gasteiger partial charge in [-0.05, 0) is 6.92 Å². The molecule has 0 radical (unpaired) electrons. The molecule has 0 spiro atoms. The standard InChI is InChI=1S/C11H13N3O3S/c1-3-17-10(15)8-6-12-13(2)9(8)7-14-4-5-18-11(14)16/h4-6H,3,7H2,1-2H3. The highest BCUT2D eigenvalue weighted by Gasteiger charge is 2.17. The van der Waals surface area contributed by atoms with E-state index in [0.29, 0.717) is 24.4 Å². The summed E-state index contributed by atoms with van der Waals surface area (Å²) in [6.45, 7) is 2.37. The van der Waals surface area contributed by atoms with E-state index in [0.717, 1.165) is 11.3 Å². The molecule has 0 aromatic carbocycles. The molecule has 0 saturated carbocycles. The number of carbonyl (C=O) groups excluding carboxylic acids is 1. The maximum absolute atomic E-state index is 11.7. The largest absolute Gasteiger partial charge is 0.462 e. The molecule has 0 aliphatic heterocycles. The zero-order chi connectivity index (χ0) is 13.1. The number of carbonyl (C=O) groups is 1. The first-order valence-corrected chi connectivity index (χ1v) is 6.33. The quantitative estimate of drug-likeness (QED) is 0.771. The summed E-state index contributed by atoms with van der Waals surface area (Å²) in [5.74, 6) is -0.413. The van der Waals surface area contributed by atoms with Crippen LogP contribution in [0.15, 0.2) is 22.6 Å². The number of rotatable bonds is 4. The van der Waals surface area contributed by atoms with E-state index in [4.69, 9.17) is 4.74 Å². The topological polar surface area (TPSA) is 66.1 Å². The molecule has 2 aromatic rings.